The number of benzene rings is 1. The zero-order chi connectivity index (χ0) is 24.0. The standard InChI is InChI=1S/C24H40O5Si2/c1-24(2,3)31(10,11)29-19(14-16-30(7,8)9)21-18(13-12-15-25)17-20(26-4)22(27-5)23(21)28-6/h15,17,19H,12-13H2,1-11H3. The zero-order valence-electron chi connectivity index (χ0n) is 21.2. The molecule has 0 saturated heterocycles. The molecule has 0 heterocycles. The maximum Gasteiger partial charge on any atom is 0.203 e. The highest BCUT2D eigenvalue weighted by Gasteiger charge is 2.40. The summed E-state index contributed by atoms with van der Waals surface area (Å²) >= 11 is 0. The molecule has 0 aromatic heterocycles. The summed E-state index contributed by atoms with van der Waals surface area (Å²) in [5, 5.41) is 0.0127. The second-order valence-electron chi connectivity index (χ2n) is 10.2. The Hall–Kier alpha value is -1.76. The van der Waals surface area contributed by atoms with E-state index < -0.39 is 22.5 Å². The van der Waals surface area contributed by atoms with Crippen LogP contribution >= 0.6 is 0 Å². The number of hydrogen-bond acceptors (Lipinski definition) is 5. The molecule has 1 aromatic rings. The first-order valence-electron chi connectivity index (χ1n) is 10.7. The topological polar surface area (TPSA) is 54.0 Å². The molecule has 0 radical (unpaired) electrons. The van der Waals surface area contributed by atoms with Gasteiger partial charge in [0, 0.05) is 12.0 Å². The summed E-state index contributed by atoms with van der Waals surface area (Å²) in [7, 11) is 0.960. The molecule has 1 unspecified atom stereocenters. The summed E-state index contributed by atoms with van der Waals surface area (Å²) in [6.07, 6.45) is 1.37. The molecule has 0 aliphatic carbocycles. The number of ether oxygens (including phenoxy) is 3. The van der Waals surface area contributed by atoms with Crippen LogP contribution in [-0.2, 0) is 15.6 Å². The quantitative estimate of drug-likeness (QED) is 0.263. The van der Waals surface area contributed by atoms with Gasteiger partial charge in [-0.15, -0.1) is 5.54 Å². The highest BCUT2D eigenvalue weighted by atomic mass is 28.4. The molecular formula is C24H40O5Si2. The Labute approximate surface area is 191 Å². The van der Waals surface area contributed by atoms with Gasteiger partial charge in [-0.3, -0.25) is 0 Å². The molecule has 31 heavy (non-hydrogen) atoms. The van der Waals surface area contributed by atoms with Crippen LogP contribution in [0, 0.1) is 11.5 Å². The zero-order valence-corrected chi connectivity index (χ0v) is 23.2. The largest absolute Gasteiger partial charge is 0.493 e. The highest BCUT2D eigenvalue weighted by molar-refractivity contribution is 6.83. The lowest BCUT2D eigenvalue weighted by Gasteiger charge is -2.39. The van der Waals surface area contributed by atoms with E-state index in [1.807, 2.05) is 6.07 Å². The molecule has 0 spiro atoms. The molecule has 174 valence electrons. The van der Waals surface area contributed by atoms with Gasteiger partial charge in [-0.1, -0.05) is 46.3 Å². The van der Waals surface area contributed by atoms with Crippen molar-refractivity contribution in [2.45, 2.75) is 77.5 Å². The van der Waals surface area contributed by atoms with E-state index in [1.165, 1.54) is 0 Å². The second kappa shape index (κ2) is 10.7. The Morgan fingerprint density at radius 1 is 1.00 bits per heavy atom. The van der Waals surface area contributed by atoms with Crippen LogP contribution in [0.25, 0.3) is 0 Å². The van der Waals surface area contributed by atoms with Crippen LogP contribution in [0.15, 0.2) is 6.07 Å². The average molecular weight is 465 g/mol. The summed E-state index contributed by atoms with van der Waals surface area (Å²) in [4.78, 5) is 11.2. The van der Waals surface area contributed by atoms with Gasteiger partial charge in [0.25, 0.3) is 0 Å². The lowest BCUT2D eigenvalue weighted by Crippen LogP contribution is -2.42. The van der Waals surface area contributed by atoms with E-state index in [4.69, 9.17) is 18.6 Å². The van der Waals surface area contributed by atoms with E-state index in [0.29, 0.717) is 30.1 Å². The summed E-state index contributed by atoms with van der Waals surface area (Å²) in [6.45, 7) is 17.7. The van der Waals surface area contributed by atoms with Gasteiger partial charge in [-0.2, -0.15) is 0 Å². The van der Waals surface area contributed by atoms with Gasteiger partial charge >= 0.3 is 0 Å². The van der Waals surface area contributed by atoms with E-state index in [9.17, 15) is 4.79 Å². The molecular weight excluding hydrogens is 424 g/mol. The molecule has 0 aliphatic rings. The third kappa shape index (κ3) is 7.13. The van der Waals surface area contributed by atoms with Crippen molar-refractivity contribution in [3.8, 4) is 28.7 Å². The van der Waals surface area contributed by atoms with E-state index in [1.54, 1.807) is 21.3 Å². The molecule has 0 amide bonds. The van der Waals surface area contributed by atoms with Gasteiger partial charge in [0.1, 0.15) is 20.5 Å². The minimum atomic E-state index is -2.17. The second-order valence-corrected chi connectivity index (χ2v) is 19.7. The summed E-state index contributed by atoms with van der Waals surface area (Å²) in [6, 6.07) is 1.92. The average Bonchev–Trinajstić information content (AvgIpc) is 2.66. The van der Waals surface area contributed by atoms with E-state index in [0.717, 1.165) is 17.4 Å². The monoisotopic (exact) mass is 464 g/mol. The molecule has 0 aliphatic heterocycles. The van der Waals surface area contributed by atoms with Gasteiger partial charge in [0.05, 0.1) is 21.3 Å². The minimum absolute atomic E-state index is 0.0127. The van der Waals surface area contributed by atoms with Crippen molar-refractivity contribution in [2.75, 3.05) is 21.3 Å². The number of aldehydes is 1. The highest BCUT2D eigenvalue weighted by Crippen LogP contribution is 2.48. The molecule has 1 aromatic carbocycles. The number of aryl methyl sites for hydroxylation is 1. The number of carbonyl (C=O) groups excluding carboxylic acids is 1. The molecule has 0 bridgehead atoms. The van der Waals surface area contributed by atoms with Crippen molar-refractivity contribution in [2.24, 2.45) is 0 Å². The van der Waals surface area contributed by atoms with Crippen molar-refractivity contribution in [3.05, 3.63) is 17.2 Å². The lowest BCUT2D eigenvalue weighted by atomic mass is 9.96. The molecule has 0 fully saturated rings. The maximum atomic E-state index is 11.2. The van der Waals surface area contributed by atoms with Crippen LogP contribution < -0.4 is 14.2 Å². The number of carbonyl (C=O) groups is 1. The SMILES string of the molecule is COc1cc(CCC=O)c(C(C#C[Si](C)(C)C)O[Si](C)(C)C(C)(C)C)c(OC)c1OC. The minimum Gasteiger partial charge on any atom is -0.493 e. The third-order valence-electron chi connectivity index (χ3n) is 5.54. The fourth-order valence-electron chi connectivity index (χ4n) is 2.85. The van der Waals surface area contributed by atoms with Gasteiger partial charge in [-0.05, 0) is 36.2 Å². The Bertz CT molecular complexity index is 824. The molecule has 7 heteroatoms. The smallest absolute Gasteiger partial charge is 0.203 e. The third-order valence-corrected chi connectivity index (χ3v) is 10.9. The van der Waals surface area contributed by atoms with Gasteiger partial charge in [-0.25, -0.2) is 0 Å². The first-order chi connectivity index (χ1) is 14.2. The first-order valence-corrected chi connectivity index (χ1v) is 17.1. The Balaban J connectivity index is 3.88. The number of rotatable bonds is 9. The fraction of sp³-hybridized carbons (Fsp3) is 0.625. The predicted octanol–water partition coefficient (Wildman–Crippen LogP) is 5.79. The predicted molar refractivity (Wildman–Crippen MR) is 133 cm³/mol. The van der Waals surface area contributed by atoms with Crippen molar-refractivity contribution in [3.63, 3.8) is 0 Å². The van der Waals surface area contributed by atoms with Gasteiger partial charge in [0.15, 0.2) is 19.8 Å². The van der Waals surface area contributed by atoms with E-state index in [-0.39, 0.29) is 5.04 Å². The van der Waals surface area contributed by atoms with Crippen LogP contribution in [0.3, 0.4) is 0 Å². The molecule has 0 N–H and O–H groups in total. The van der Waals surface area contributed by atoms with Crippen LogP contribution in [0.1, 0.15) is 44.4 Å². The van der Waals surface area contributed by atoms with Crippen LogP contribution in [0.5, 0.6) is 17.2 Å². The van der Waals surface area contributed by atoms with Gasteiger partial charge < -0.3 is 23.4 Å². The Morgan fingerprint density at radius 2 is 1.58 bits per heavy atom. The van der Waals surface area contributed by atoms with E-state index >= 15 is 0 Å². The van der Waals surface area contributed by atoms with Crippen LogP contribution in [0.4, 0.5) is 0 Å². The Morgan fingerprint density at radius 3 is 2.00 bits per heavy atom. The maximum absolute atomic E-state index is 11.2. The molecule has 1 rings (SSSR count). The molecule has 1 atom stereocenters. The number of methoxy groups -OCH3 is 3. The van der Waals surface area contributed by atoms with Crippen molar-refractivity contribution in [1.29, 1.82) is 0 Å². The van der Waals surface area contributed by atoms with Crippen molar-refractivity contribution >= 4 is 22.7 Å². The number of hydrogen-bond donors (Lipinski definition) is 0. The van der Waals surface area contributed by atoms with Crippen LogP contribution in [-0.4, -0.2) is 44.0 Å². The Kier molecular flexibility index (Phi) is 9.42. The normalized spacial score (nSPS) is 13.1. The fourth-order valence-corrected chi connectivity index (χ4v) is 4.54. The van der Waals surface area contributed by atoms with Gasteiger partial charge in [0.2, 0.25) is 5.75 Å². The lowest BCUT2D eigenvalue weighted by molar-refractivity contribution is -0.107. The van der Waals surface area contributed by atoms with Crippen molar-refractivity contribution < 1.29 is 23.4 Å². The van der Waals surface area contributed by atoms with E-state index in [2.05, 4.69) is 65.0 Å². The summed E-state index contributed by atoms with van der Waals surface area (Å²) in [5.74, 6) is 5.07. The van der Waals surface area contributed by atoms with Crippen molar-refractivity contribution in [1.82, 2.24) is 0 Å². The summed E-state index contributed by atoms with van der Waals surface area (Å²) < 4.78 is 23.9. The first kappa shape index (κ1) is 27.3. The molecule has 5 nitrogen and oxygen atoms in total. The molecule has 0 saturated carbocycles. The summed E-state index contributed by atoms with van der Waals surface area (Å²) in [5.41, 5.74) is 5.24. The van der Waals surface area contributed by atoms with Crippen LogP contribution in [0.2, 0.25) is 37.8 Å².